The Kier molecular flexibility index (Phi) is 5.11. The number of alkyl halides is 3. The second kappa shape index (κ2) is 7.64. The Labute approximate surface area is 172 Å². The number of carbonyl (C=O) groups excluding carboxylic acids is 1. The number of aromatic nitrogens is 3. The Morgan fingerprint density at radius 2 is 1.84 bits per heavy atom. The minimum Gasteiger partial charge on any atom is -0.405 e. The number of hydrogen-bond donors (Lipinski definition) is 1. The van der Waals surface area contributed by atoms with E-state index in [0.29, 0.717) is 0 Å². The van der Waals surface area contributed by atoms with Gasteiger partial charge in [0, 0.05) is 12.6 Å². The smallest absolute Gasteiger partial charge is 0.405 e. The maximum absolute atomic E-state index is 13.7. The first-order chi connectivity index (χ1) is 14.6. The summed E-state index contributed by atoms with van der Waals surface area (Å²) in [5, 5.41) is 6.01. The third kappa shape index (κ3) is 4.49. The number of nitrogens with one attached hydrogen (secondary N) is 1. The average molecular weight is 438 g/mol. The van der Waals surface area contributed by atoms with Gasteiger partial charge in [-0.1, -0.05) is 6.07 Å². The van der Waals surface area contributed by atoms with Gasteiger partial charge in [-0.05, 0) is 42.5 Å². The van der Waals surface area contributed by atoms with Crippen molar-refractivity contribution < 1.29 is 31.5 Å². The first-order valence-electron chi connectivity index (χ1n) is 9.17. The highest BCUT2D eigenvalue weighted by Gasteiger charge is 2.34. The number of hydrogen-bond acceptors (Lipinski definition) is 4. The first kappa shape index (κ1) is 20.8. The standard InChI is InChI=1S/C20H15F5N4O2/c1-29-16(7-15(28-29)19(30)27-18-13(21)8-26-9-14(18)22)12-5-4-11(10-2-3-10)6-17(12)31-20(23,24)25/h4-10H,2-3H2,1H3,(H,26,27,30). The number of ether oxygens (including phenoxy) is 1. The summed E-state index contributed by atoms with van der Waals surface area (Å²) in [7, 11) is 1.42. The number of pyridine rings is 1. The molecule has 1 amide bonds. The van der Waals surface area contributed by atoms with Crippen molar-refractivity contribution in [3.8, 4) is 17.0 Å². The molecule has 1 saturated carbocycles. The molecule has 0 atom stereocenters. The zero-order chi connectivity index (χ0) is 22.3. The fraction of sp³-hybridized carbons (Fsp3) is 0.250. The van der Waals surface area contributed by atoms with E-state index in [1.54, 1.807) is 6.07 Å². The second-order valence-corrected chi connectivity index (χ2v) is 7.05. The molecule has 11 heteroatoms. The van der Waals surface area contributed by atoms with Crippen LogP contribution in [0.1, 0.15) is 34.8 Å². The highest BCUT2D eigenvalue weighted by molar-refractivity contribution is 6.03. The Bertz CT molecular complexity index is 1130. The van der Waals surface area contributed by atoms with Gasteiger partial charge in [0.1, 0.15) is 11.4 Å². The molecule has 1 aliphatic rings. The Morgan fingerprint density at radius 3 is 2.45 bits per heavy atom. The quantitative estimate of drug-likeness (QED) is 0.582. The number of halogens is 5. The molecule has 2 aromatic heterocycles. The van der Waals surface area contributed by atoms with E-state index in [4.69, 9.17) is 0 Å². The molecule has 4 rings (SSSR count). The highest BCUT2D eigenvalue weighted by Crippen LogP contribution is 2.44. The van der Waals surface area contributed by atoms with E-state index in [-0.39, 0.29) is 22.9 Å². The van der Waals surface area contributed by atoms with Gasteiger partial charge in [-0.15, -0.1) is 13.2 Å². The normalized spacial score (nSPS) is 13.9. The SMILES string of the molecule is Cn1nc(C(=O)Nc2c(F)cncc2F)cc1-c1ccc(C2CC2)cc1OC(F)(F)F. The Morgan fingerprint density at radius 1 is 1.16 bits per heavy atom. The van der Waals surface area contributed by atoms with Gasteiger partial charge in [0.2, 0.25) is 0 Å². The fourth-order valence-corrected chi connectivity index (χ4v) is 3.17. The molecule has 1 N–H and O–H groups in total. The highest BCUT2D eigenvalue weighted by atomic mass is 19.4. The van der Waals surface area contributed by atoms with Crippen LogP contribution in [0, 0.1) is 11.6 Å². The monoisotopic (exact) mass is 438 g/mol. The zero-order valence-corrected chi connectivity index (χ0v) is 16.0. The number of nitrogens with zero attached hydrogens (tertiary/aromatic N) is 3. The summed E-state index contributed by atoms with van der Waals surface area (Å²) < 4.78 is 71.7. The van der Waals surface area contributed by atoms with E-state index in [2.05, 4.69) is 20.1 Å². The van der Waals surface area contributed by atoms with Gasteiger partial charge in [0.15, 0.2) is 17.3 Å². The van der Waals surface area contributed by atoms with Crippen molar-refractivity contribution in [3.05, 3.63) is 59.6 Å². The van der Waals surface area contributed by atoms with Crippen molar-refractivity contribution in [2.24, 2.45) is 7.05 Å². The molecule has 31 heavy (non-hydrogen) atoms. The predicted molar refractivity (Wildman–Crippen MR) is 99.4 cm³/mol. The average Bonchev–Trinajstić information content (AvgIpc) is 3.46. The van der Waals surface area contributed by atoms with Crippen LogP contribution < -0.4 is 10.1 Å². The lowest BCUT2D eigenvalue weighted by Gasteiger charge is -2.15. The van der Waals surface area contributed by atoms with Gasteiger partial charge in [0.25, 0.3) is 5.91 Å². The van der Waals surface area contributed by atoms with Gasteiger partial charge in [-0.2, -0.15) is 5.10 Å². The van der Waals surface area contributed by atoms with Crippen LogP contribution in [0.4, 0.5) is 27.6 Å². The van der Waals surface area contributed by atoms with E-state index in [1.165, 1.54) is 29.9 Å². The third-order valence-electron chi connectivity index (χ3n) is 4.76. The number of benzene rings is 1. The van der Waals surface area contributed by atoms with Crippen molar-refractivity contribution in [1.29, 1.82) is 0 Å². The molecular weight excluding hydrogens is 423 g/mol. The zero-order valence-electron chi connectivity index (χ0n) is 16.0. The van der Waals surface area contributed by atoms with Crippen molar-refractivity contribution in [1.82, 2.24) is 14.8 Å². The molecule has 1 aromatic carbocycles. The maximum Gasteiger partial charge on any atom is 0.573 e. The number of aryl methyl sites for hydroxylation is 1. The molecule has 0 spiro atoms. The Hall–Kier alpha value is -3.50. The largest absolute Gasteiger partial charge is 0.573 e. The van der Waals surface area contributed by atoms with E-state index in [0.717, 1.165) is 30.8 Å². The number of anilines is 1. The molecule has 0 unspecified atom stereocenters. The predicted octanol–water partition coefficient (Wildman–Crippen LogP) is 4.79. The first-order valence-corrected chi connectivity index (χ1v) is 9.17. The molecular formula is C20H15F5N4O2. The lowest BCUT2D eigenvalue weighted by atomic mass is 10.0. The van der Waals surface area contributed by atoms with Crippen LogP contribution in [0.15, 0.2) is 36.7 Å². The van der Waals surface area contributed by atoms with Crippen molar-refractivity contribution in [2.75, 3.05) is 5.32 Å². The molecule has 0 radical (unpaired) electrons. The molecule has 0 bridgehead atoms. The van der Waals surface area contributed by atoms with Gasteiger partial charge in [-0.3, -0.25) is 14.5 Å². The maximum atomic E-state index is 13.7. The van der Waals surface area contributed by atoms with Crippen molar-refractivity contribution >= 4 is 11.6 Å². The lowest BCUT2D eigenvalue weighted by molar-refractivity contribution is -0.274. The van der Waals surface area contributed by atoms with Gasteiger partial charge in [-0.25, -0.2) is 8.78 Å². The van der Waals surface area contributed by atoms with E-state index < -0.39 is 35.3 Å². The molecule has 1 aliphatic carbocycles. The third-order valence-corrected chi connectivity index (χ3v) is 4.76. The van der Waals surface area contributed by atoms with Crippen LogP contribution >= 0.6 is 0 Å². The minimum absolute atomic E-state index is 0.0667. The van der Waals surface area contributed by atoms with E-state index in [1.807, 2.05) is 0 Å². The molecule has 0 saturated heterocycles. The summed E-state index contributed by atoms with van der Waals surface area (Å²) >= 11 is 0. The second-order valence-electron chi connectivity index (χ2n) is 7.05. The van der Waals surface area contributed by atoms with Gasteiger partial charge < -0.3 is 10.1 Å². The van der Waals surface area contributed by atoms with Crippen molar-refractivity contribution in [2.45, 2.75) is 25.1 Å². The van der Waals surface area contributed by atoms with Crippen LogP contribution in [0.25, 0.3) is 11.3 Å². The topological polar surface area (TPSA) is 69.0 Å². The lowest BCUT2D eigenvalue weighted by Crippen LogP contribution is -2.18. The summed E-state index contributed by atoms with van der Waals surface area (Å²) in [5.74, 6) is -3.33. The molecule has 162 valence electrons. The number of amides is 1. The van der Waals surface area contributed by atoms with E-state index in [9.17, 15) is 26.7 Å². The van der Waals surface area contributed by atoms with Crippen molar-refractivity contribution in [3.63, 3.8) is 0 Å². The van der Waals surface area contributed by atoms with Gasteiger partial charge >= 0.3 is 6.36 Å². The van der Waals surface area contributed by atoms with Crippen LogP contribution in [-0.4, -0.2) is 27.0 Å². The minimum atomic E-state index is -4.91. The van der Waals surface area contributed by atoms with E-state index >= 15 is 0 Å². The summed E-state index contributed by atoms with van der Waals surface area (Å²) in [6.07, 6.45) is -1.67. The summed E-state index contributed by atoms with van der Waals surface area (Å²) in [5.41, 5.74) is -0.00865. The molecule has 3 aromatic rings. The van der Waals surface area contributed by atoms with Crippen LogP contribution in [0.3, 0.4) is 0 Å². The number of carbonyl (C=O) groups is 1. The van der Waals surface area contributed by atoms with Crippen LogP contribution in [0.2, 0.25) is 0 Å². The molecule has 2 heterocycles. The van der Waals surface area contributed by atoms with Crippen LogP contribution in [0.5, 0.6) is 5.75 Å². The number of rotatable bonds is 5. The molecule has 1 fully saturated rings. The molecule has 0 aliphatic heterocycles. The fourth-order valence-electron chi connectivity index (χ4n) is 3.17. The van der Waals surface area contributed by atoms with Crippen LogP contribution in [-0.2, 0) is 7.05 Å². The summed E-state index contributed by atoms with van der Waals surface area (Å²) in [6, 6.07) is 5.71. The summed E-state index contributed by atoms with van der Waals surface area (Å²) in [6.45, 7) is 0. The molecule has 6 nitrogen and oxygen atoms in total. The summed E-state index contributed by atoms with van der Waals surface area (Å²) in [4.78, 5) is 15.7. The Balaban J connectivity index is 1.68. The van der Waals surface area contributed by atoms with Gasteiger partial charge in [0.05, 0.1) is 18.1 Å².